The second-order valence-corrected chi connectivity index (χ2v) is 7.37. The van der Waals surface area contributed by atoms with Crippen LogP contribution < -0.4 is 16.1 Å². The molecule has 1 aliphatic carbocycles. The third kappa shape index (κ3) is 5.63. The fourth-order valence-electron chi connectivity index (χ4n) is 3.36. The molecule has 8 heteroatoms. The predicted molar refractivity (Wildman–Crippen MR) is 105 cm³/mol. The average Bonchev–Trinajstić information content (AvgIpc) is 3.08. The lowest BCUT2D eigenvalue weighted by molar-refractivity contribution is -0.136. The molecule has 0 spiro atoms. The maximum Gasteiger partial charge on any atom is 0.244 e. The topological polar surface area (TPSA) is 120 Å². The molecule has 2 aliphatic rings. The highest BCUT2D eigenvalue weighted by molar-refractivity contribution is 6.14. The monoisotopic (exact) mass is 388 g/mol. The molecule has 0 unspecified atom stereocenters. The molecule has 0 saturated heterocycles. The van der Waals surface area contributed by atoms with Crippen LogP contribution in [0.1, 0.15) is 39.5 Å². The van der Waals surface area contributed by atoms with E-state index in [9.17, 15) is 14.4 Å². The van der Waals surface area contributed by atoms with Gasteiger partial charge < -0.3 is 10.6 Å². The van der Waals surface area contributed by atoms with Crippen LogP contribution in [0.2, 0.25) is 0 Å². The molecule has 0 saturated carbocycles. The molecule has 8 nitrogen and oxygen atoms in total. The van der Waals surface area contributed by atoms with Gasteiger partial charge in [-0.15, -0.1) is 0 Å². The highest BCUT2D eigenvalue weighted by Crippen LogP contribution is 2.27. The zero-order chi connectivity index (χ0) is 20.7. The molecule has 1 aliphatic heterocycles. The van der Waals surface area contributed by atoms with Crippen LogP contribution in [-0.2, 0) is 14.4 Å². The van der Waals surface area contributed by atoms with Crippen molar-refractivity contribution in [2.24, 2.45) is 16.8 Å². The SMILES string of the molecule is CNC(=O)[C@H](CC1=CN=C2C=CCC=C12)NC(=O)[C@@H](CC(=O)NO)CC(C)C. The Morgan fingerprint density at radius 1 is 1.25 bits per heavy atom. The number of rotatable bonds is 9. The van der Waals surface area contributed by atoms with Crippen molar-refractivity contribution in [3.63, 3.8) is 0 Å². The van der Waals surface area contributed by atoms with Crippen molar-refractivity contribution in [3.8, 4) is 0 Å². The summed E-state index contributed by atoms with van der Waals surface area (Å²) >= 11 is 0. The molecule has 0 aromatic rings. The molecule has 0 bridgehead atoms. The number of likely N-dealkylation sites (N-methyl/N-ethyl adjacent to an activating group) is 1. The van der Waals surface area contributed by atoms with Gasteiger partial charge in [-0.05, 0) is 30.4 Å². The molecule has 0 aromatic heterocycles. The Bertz CT molecular complexity index is 749. The number of carbonyl (C=O) groups excluding carboxylic acids is 3. The minimum atomic E-state index is -0.781. The molecule has 3 amide bonds. The lowest BCUT2D eigenvalue weighted by Crippen LogP contribution is -2.48. The first-order chi connectivity index (χ1) is 13.3. The van der Waals surface area contributed by atoms with Crippen LogP contribution in [0.15, 0.2) is 40.6 Å². The third-order valence-electron chi connectivity index (χ3n) is 4.70. The molecular weight excluding hydrogens is 360 g/mol. The molecule has 1 heterocycles. The van der Waals surface area contributed by atoms with Crippen LogP contribution >= 0.6 is 0 Å². The number of carbonyl (C=O) groups is 3. The van der Waals surface area contributed by atoms with E-state index in [0.29, 0.717) is 12.8 Å². The van der Waals surface area contributed by atoms with Gasteiger partial charge in [0.05, 0.1) is 5.71 Å². The maximum atomic E-state index is 12.8. The van der Waals surface area contributed by atoms with Gasteiger partial charge in [-0.1, -0.05) is 26.0 Å². The van der Waals surface area contributed by atoms with Gasteiger partial charge in [0.2, 0.25) is 17.7 Å². The number of nitrogens with one attached hydrogen (secondary N) is 3. The summed E-state index contributed by atoms with van der Waals surface area (Å²) in [5, 5.41) is 14.1. The average molecular weight is 388 g/mol. The van der Waals surface area contributed by atoms with Crippen LogP contribution in [0, 0.1) is 11.8 Å². The van der Waals surface area contributed by atoms with Crippen molar-refractivity contribution in [2.45, 2.75) is 45.6 Å². The number of nitrogens with zero attached hydrogens (tertiary/aromatic N) is 1. The Morgan fingerprint density at radius 2 is 2.00 bits per heavy atom. The molecule has 152 valence electrons. The largest absolute Gasteiger partial charge is 0.357 e. The summed E-state index contributed by atoms with van der Waals surface area (Å²) in [5.41, 5.74) is 4.31. The first kappa shape index (κ1) is 21.6. The standard InChI is InChI=1S/C20H28N4O4/c1-12(2)8-13(10-18(25)24-28)19(26)23-17(20(27)21-3)9-14-11-22-16-7-5-4-6-15(14)16/h5-7,11-13,17,28H,4,8-10H2,1-3H3,(H,21,27)(H,23,26)(H,24,25)/t13-,17+/m1/s1. The number of hydrogen-bond donors (Lipinski definition) is 4. The second-order valence-electron chi connectivity index (χ2n) is 7.37. The Labute approximate surface area is 164 Å². The van der Waals surface area contributed by atoms with E-state index in [4.69, 9.17) is 5.21 Å². The number of aliphatic imine (C=N–C) groups is 1. The fourth-order valence-corrected chi connectivity index (χ4v) is 3.36. The van der Waals surface area contributed by atoms with Crippen LogP contribution in [0.5, 0.6) is 0 Å². The smallest absolute Gasteiger partial charge is 0.244 e. The molecule has 2 atom stereocenters. The minimum Gasteiger partial charge on any atom is -0.357 e. The highest BCUT2D eigenvalue weighted by Gasteiger charge is 2.29. The minimum absolute atomic E-state index is 0.146. The number of fused-ring (bicyclic) bond motifs is 1. The van der Waals surface area contributed by atoms with Crippen LogP contribution in [0.4, 0.5) is 0 Å². The molecule has 2 rings (SSSR count). The van der Waals surface area contributed by atoms with Gasteiger partial charge in [0.1, 0.15) is 6.04 Å². The summed E-state index contributed by atoms with van der Waals surface area (Å²) in [6, 6.07) is -0.781. The number of hydroxylamine groups is 1. The Morgan fingerprint density at radius 3 is 2.64 bits per heavy atom. The van der Waals surface area contributed by atoms with E-state index in [2.05, 4.69) is 15.6 Å². The molecule has 28 heavy (non-hydrogen) atoms. The van der Waals surface area contributed by atoms with Crippen LogP contribution in [0.3, 0.4) is 0 Å². The molecule has 0 radical (unpaired) electrons. The van der Waals surface area contributed by atoms with E-state index in [0.717, 1.165) is 23.3 Å². The summed E-state index contributed by atoms with van der Waals surface area (Å²) in [4.78, 5) is 41.1. The third-order valence-corrected chi connectivity index (χ3v) is 4.70. The zero-order valence-electron chi connectivity index (χ0n) is 16.5. The van der Waals surface area contributed by atoms with Crippen molar-refractivity contribution in [3.05, 3.63) is 35.6 Å². The first-order valence-corrected chi connectivity index (χ1v) is 9.44. The summed E-state index contributed by atoms with van der Waals surface area (Å²) < 4.78 is 0. The van der Waals surface area contributed by atoms with E-state index < -0.39 is 17.9 Å². The van der Waals surface area contributed by atoms with E-state index >= 15 is 0 Å². The maximum absolute atomic E-state index is 12.8. The fraction of sp³-hybridized carbons (Fsp3) is 0.500. The summed E-state index contributed by atoms with van der Waals surface area (Å²) in [6.07, 6.45) is 9.15. The van der Waals surface area contributed by atoms with Crippen molar-refractivity contribution in [2.75, 3.05) is 7.05 Å². The quantitative estimate of drug-likeness (QED) is 0.352. The number of amides is 3. The summed E-state index contributed by atoms with van der Waals surface area (Å²) in [5.74, 6) is -1.80. The van der Waals surface area contributed by atoms with E-state index in [1.54, 1.807) is 11.7 Å². The van der Waals surface area contributed by atoms with Gasteiger partial charge in [-0.2, -0.15) is 0 Å². The molecular formula is C20H28N4O4. The number of hydrogen-bond acceptors (Lipinski definition) is 5. The summed E-state index contributed by atoms with van der Waals surface area (Å²) in [6.45, 7) is 3.89. The lowest BCUT2D eigenvalue weighted by atomic mass is 9.91. The van der Waals surface area contributed by atoms with Crippen molar-refractivity contribution >= 4 is 23.4 Å². The zero-order valence-corrected chi connectivity index (χ0v) is 16.5. The van der Waals surface area contributed by atoms with Gasteiger partial charge in [0.15, 0.2) is 0 Å². The second kappa shape index (κ2) is 9.98. The molecule has 0 fully saturated rings. The van der Waals surface area contributed by atoms with Gasteiger partial charge in [-0.25, -0.2) is 5.48 Å². The molecule has 4 N–H and O–H groups in total. The Kier molecular flexibility index (Phi) is 7.69. The van der Waals surface area contributed by atoms with Gasteiger partial charge >= 0.3 is 0 Å². The van der Waals surface area contributed by atoms with Gasteiger partial charge in [-0.3, -0.25) is 24.6 Å². The van der Waals surface area contributed by atoms with Crippen molar-refractivity contribution < 1.29 is 19.6 Å². The van der Waals surface area contributed by atoms with Gasteiger partial charge in [0.25, 0.3) is 0 Å². The van der Waals surface area contributed by atoms with E-state index in [1.165, 1.54) is 7.05 Å². The lowest BCUT2D eigenvalue weighted by Gasteiger charge is -2.23. The first-order valence-electron chi connectivity index (χ1n) is 9.44. The van der Waals surface area contributed by atoms with E-state index in [1.807, 2.05) is 32.1 Å². The van der Waals surface area contributed by atoms with E-state index in [-0.39, 0.29) is 24.2 Å². The van der Waals surface area contributed by atoms with Crippen LogP contribution in [-0.4, -0.2) is 41.7 Å². The Balaban J connectivity index is 2.10. The molecule has 0 aromatic carbocycles. The van der Waals surface area contributed by atoms with Crippen molar-refractivity contribution in [1.82, 2.24) is 16.1 Å². The predicted octanol–water partition coefficient (Wildman–Crippen LogP) is 1.39. The number of allylic oxidation sites excluding steroid dienone is 4. The summed E-state index contributed by atoms with van der Waals surface area (Å²) in [7, 11) is 1.51. The van der Waals surface area contributed by atoms with Crippen LogP contribution in [0.25, 0.3) is 0 Å². The Hall–Kier alpha value is -2.74. The normalized spacial score (nSPS) is 17.1. The highest BCUT2D eigenvalue weighted by atomic mass is 16.5. The van der Waals surface area contributed by atoms with Crippen molar-refractivity contribution in [1.29, 1.82) is 0 Å². The van der Waals surface area contributed by atoms with Gasteiger partial charge in [0, 0.05) is 37.6 Å².